The minimum absolute atomic E-state index is 0.143. The predicted molar refractivity (Wildman–Crippen MR) is 107 cm³/mol. The summed E-state index contributed by atoms with van der Waals surface area (Å²) in [5, 5.41) is 7.44. The molecule has 1 atom stereocenters. The maximum Gasteiger partial charge on any atom is 0.242 e. The Kier molecular flexibility index (Phi) is 3.26. The van der Waals surface area contributed by atoms with Gasteiger partial charge in [-0.15, -0.1) is 0 Å². The molecule has 2 N–H and O–H groups in total. The van der Waals surface area contributed by atoms with Crippen molar-refractivity contribution in [1.29, 1.82) is 0 Å². The number of aryl methyl sites for hydroxylation is 1. The lowest BCUT2D eigenvalue weighted by atomic mass is 9.70. The second kappa shape index (κ2) is 5.72. The third-order valence-corrected chi connectivity index (χ3v) is 6.02. The quantitative estimate of drug-likeness (QED) is 0.484. The van der Waals surface area contributed by atoms with Crippen molar-refractivity contribution in [2.75, 3.05) is 17.3 Å². The Bertz CT molecular complexity index is 1440. The lowest BCUT2D eigenvalue weighted by Gasteiger charge is -2.32. The summed E-state index contributed by atoms with van der Waals surface area (Å²) in [5.41, 5.74) is 1.67. The van der Waals surface area contributed by atoms with Gasteiger partial charge in [-0.1, -0.05) is 0 Å². The third-order valence-electron chi connectivity index (χ3n) is 6.02. The molecule has 4 aromatic rings. The molecule has 0 saturated carbocycles. The summed E-state index contributed by atoms with van der Waals surface area (Å²) >= 11 is 0. The zero-order chi connectivity index (χ0) is 21.5. The minimum atomic E-state index is -1.37. The summed E-state index contributed by atoms with van der Waals surface area (Å²) < 4.78 is 15.7. The number of halogens is 1. The number of hydrogen-bond donors (Lipinski definition) is 2. The number of fused-ring (bicyclic) bond motifs is 5. The zero-order valence-corrected chi connectivity index (χ0v) is 16.5. The van der Waals surface area contributed by atoms with Gasteiger partial charge >= 0.3 is 0 Å². The van der Waals surface area contributed by atoms with Crippen LogP contribution in [0.4, 0.5) is 15.9 Å². The highest BCUT2D eigenvalue weighted by Gasteiger charge is 2.57. The molecule has 1 spiro atoms. The van der Waals surface area contributed by atoms with Crippen LogP contribution in [0.15, 0.2) is 30.9 Å². The molecule has 2 aliphatic heterocycles. The van der Waals surface area contributed by atoms with Crippen molar-refractivity contribution >= 4 is 34.5 Å². The van der Waals surface area contributed by atoms with Crippen LogP contribution in [-0.2, 0) is 15.0 Å². The molecule has 10 nitrogen and oxygen atoms in total. The fraction of sp³-hybridized carbons (Fsp3) is 0.200. The molecule has 154 valence electrons. The van der Waals surface area contributed by atoms with E-state index in [0.717, 1.165) is 0 Å². The number of amides is 2. The molecule has 2 aliphatic rings. The zero-order valence-electron chi connectivity index (χ0n) is 16.5. The Hall–Kier alpha value is -4.15. The number of aromatic nitrogens is 6. The average Bonchev–Trinajstić information content (AvgIpc) is 3.40. The molecule has 5 heterocycles. The van der Waals surface area contributed by atoms with Gasteiger partial charge in [-0.25, -0.2) is 19.3 Å². The lowest BCUT2D eigenvalue weighted by molar-refractivity contribution is -0.126. The summed E-state index contributed by atoms with van der Waals surface area (Å²) in [6.45, 7) is 1.75. The van der Waals surface area contributed by atoms with E-state index in [9.17, 15) is 14.0 Å². The van der Waals surface area contributed by atoms with Gasteiger partial charge in [0, 0.05) is 24.7 Å². The number of nitrogens with zero attached hydrogens (tertiary/aromatic N) is 6. The standard InChI is InChI=1S/C20H15FN8O2/c1-9-14-17(29(27-9)18-15-16(23-7-22-15)24-8-25-18)26-13(30)6-20(14)11-5-10(21)3-4-12(11)28(2)19(20)31/h3-5,7-8H,6H2,1-2H3,(H,26,30)(H,22,23,24,25)/t20-/m0/s1. The van der Waals surface area contributed by atoms with E-state index in [1.165, 1.54) is 34.4 Å². The molecule has 3 aromatic heterocycles. The fourth-order valence-electron chi connectivity index (χ4n) is 4.79. The first-order valence-electron chi connectivity index (χ1n) is 9.54. The van der Waals surface area contributed by atoms with Crippen molar-refractivity contribution in [2.45, 2.75) is 18.8 Å². The number of carbonyl (C=O) groups excluding carboxylic acids is 2. The highest BCUT2D eigenvalue weighted by Crippen LogP contribution is 2.53. The number of anilines is 2. The molecule has 0 fully saturated rings. The van der Waals surface area contributed by atoms with Crippen molar-refractivity contribution in [3.63, 3.8) is 0 Å². The fourth-order valence-corrected chi connectivity index (χ4v) is 4.79. The number of likely N-dealkylation sites (N-methyl/N-ethyl adjacent to an activating group) is 1. The van der Waals surface area contributed by atoms with Crippen LogP contribution in [-0.4, -0.2) is 48.6 Å². The first kappa shape index (κ1) is 17.7. The topological polar surface area (TPSA) is 122 Å². The van der Waals surface area contributed by atoms with Crippen LogP contribution >= 0.6 is 0 Å². The maximum atomic E-state index is 14.3. The Morgan fingerprint density at radius 3 is 2.87 bits per heavy atom. The third kappa shape index (κ3) is 2.09. The average molecular weight is 418 g/mol. The largest absolute Gasteiger partial charge is 0.340 e. The highest BCUT2D eigenvalue weighted by atomic mass is 19.1. The Labute approximate surface area is 174 Å². The first-order chi connectivity index (χ1) is 14.9. The van der Waals surface area contributed by atoms with Crippen LogP contribution in [0.3, 0.4) is 0 Å². The van der Waals surface area contributed by atoms with Crippen molar-refractivity contribution in [1.82, 2.24) is 29.7 Å². The summed E-state index contributed by atoms with van der Waals surface area (Å²) in [5.74, 6) is -0.456. The Morgan fingerprint density at radius 2 is 2.03 bits per heavy atom. The van der Waals surface area contributed by atoms with Gasteiger partial charge in [0.25, 0.3) is 0 Å². The van der Waals surface area contributed by atoms with Crippen LogP contribution in [0.2, 0.25) is 0 Å². The highest BCUT2D eigenvalue weighted by molar-refractivity contribution is 6.15. The van der Waals surface area contributed by atoms with Crippen molar-refractivity contribution in [3.8, 4) is 5.82 Å². The van der Waals surface area contributed by atoms with E-state index in [-0.39, 0.29) is 18.2 Å². The van der Waals surface area contributed by atoms with Gasteiger partial charge < -0.3 is 15.2 Å². The van der Waals surface area contributed by atoms with Gasteiger partial charge in [-0.2, -0.15) is 9.78 Å². The van der Waals surface area contributed by atoms with Crippen LogP contribution in [0, 0.1) is 12.7 Å². The number of rotatable bonds is 1. The molecule has 6 rings (SSSR count). The number of H-pyrrole nitrogens is 1. The Balaban J connectivity index is 1.69. The van der Waals surface area contributed by atoms with Gasteiger partial charge in [-0.05, 0) is 30.7 Å². The number of imidazole rings is 1. The maximum absolute atomic E-state index is 14.3. The van der Waals surface area contributed by atoms with E-state index in [1.807, 2.05) is 0 Å². The molecular formula is C20H15FN8O2. The van der Waals surface area contributed by atoms with E-state index < -0.39 is 11.2 Å². The summed E-state index contributed by atoms with van der Waals surface area (Å²) in [6, 6.07) is 4.19. The summed E-state index contributed by atoms with van der Waals surface area (Å²) in [7, 11) is 1.62. The van der Waals surface area contributed by atoms with Gasteiger partial charge in [0.2, 0.25) is 11.8 Å². The van der Waals surface area contributed by atoms with Gasteiger partial charge in [0.15, 0.2) is 11.5 Å². The molecular weight excluding hydrogens is 403 g/mol. The van der Waals surface area contributed by atoms with E-state index in [4.69, 9.17) is 0 Å². The second-order valence-corrected chi connectivity index (χ2v) is 7.68. The van der Waals surface area contributed by atoms with Crippen LogP contribution in [0.5, 0.6) is 0 Å². The molecule has 31 heavy (non-hydrogen) atoms. The monoisotopic (exact) mass is 418 g/mol. The minimum Gasteiger partial charge on any atom is -0.340 e. The molecule has 0 bridgehead atoms. The van der Waals surface area contributed by atoms with Gasteiger partial charge in [-0.3, -0.25) is 9.59 Å². The molecule has 0 radical (unpaired) electrons. The van der Waals surface area contributed by atoms with Gasteiger partial charge in [0.05, 0.1) is 12.0 Å². The van der Waals surface area contributed by atoms with Crippen molar-refractivity contribution in [2.24, 2.45) is 0 Å². The molecule has 0 saturated heterocycles. The number of aromatic amines is 1. The predicted octanol–water partition coefficient (Wildman–Crippen LogP) is 1.59. The van der Waals surface area contributed by atoms with Gasteiger partial charge in [0.1, 0.15) is 28.9 Å². The Morgan fingerprint density at radius 1 is 1.19 bits per heavy atom. The van der Waals surface area contributed by atoms with Crippen molar-refractivity contribution < 1.29 is 14.0 Å². The number of hydrogen-bond acceptors (Lipinski definition) is 6. The molecule has 0 aliphatic carbocycles. The number of benzene rings is 1. The first-order valence-corrected chi connectivity index (χ1v) is 9.54. The van der Waals surface area contributed by atoms with Crippen molar-refractivity contribution in [3.05, 3.63) is 53.5 Å². The molecule has 2 amide bonds. The summed E-state index contributed by atoms with van der Waals surface area (Å²) in [4.78, 5) is 43.4. The smallest absolute Gasteiger partial charge is 0.242 e. The van der Waals surface area contributed by atoms with E-state index in [1.54, 1.807) is 20.0 Å². The van der Waals surface area contributed by atoms with Crippen LogP contribution < -0.4 is 10.2 Å². The molecule has 0 unspecified atom stereocenters. The normalized spacial score (nSPS) is 19.8. The number of nitrogens with one attached hydrogen (secondary N) is 2. The van der Waals surface area contributed by atoms with Crippen LogP contribution in [0.1, 0.15) is 23.2 Å². The SMILES string of the molecule is Cc1nn(-c2ncnc3nc[nH]c23)c2c1[C@@]1(CC(=O)N2)C(=O)N(C)c2ccc(F)cc21. The summed E-state index contributed by atoms with van der Waals surface area (Å²) in [6.07, 6.45) is 2.69. The lowest BCUT2D eigenvalue weighted by Crippen LogP contribution is -2.46. The van der Waals surface area contributed by atoms with E-state index >= 15 is 0 Å². The van der Waals surface area contributed by atoms with E-state index in [0.29, 0.717) is 45.3 Å². The van der Waals surface area contributed by atoms with Crippen LogP contribution in [0.25, 0.3) is 17.0 Å². The second-order valence-electron chi connectivity index (χ2n) is 7.68. The molecule has 1 aromatic carbocycles. The molecule has 11 heteroatoms. The number of carbonyl (C=O) groups is 2. The van der Waals surface area contributed by atoms with E-state index in [2.05, 4.69) is 30.4 Å².